The first-order valence-electron chi connectivity index (χ1n) is 5.85. The number of carbonyl (C=O) groups is 2. The summed E-state index contributed by atoms with van der Waals surface area (Å²) in [6, 6.07) is 0.180. The predicted octanol–water partition coefficient (Wildman–Crippen LogP) is 2.13. The van der Waals surface area contributed by atoms with Crippen LogP contribution in [0.5, 0.6) is 0 Å². The Kier molecular flexibility index (Phi) is 6.77. The summed E-state index contributed by atoms with van der Waals surface area (Å²) in [6.07, 6.45) is 0.825. The standard InChI is InChI=1S/C12H23NO3/c1-9(2)8-13(10(3)4)11(14)6-5-7-12(15)16/h9-10H,5-8H2,1-4H3,(H,15,16). The number of hydrogen-bond acceptors (Lipinski definition) is 2. The minimum Gasteiger partial charge on any atom is -0.481 e. The van der Waals surface area contributed by atoms with Gasteiger partial charge in [-0.25, -0.2) is 0 Å². The van der Waals surface area contributed by atoms with Crippen LogP contribution in [0.25, 0.3) is 0 Å². The molecule has 0 heterocycles. The second kappa shape index (κ2) is 7.25. The second-order valence-corrected chi connectivity index (χ2v) is 4.78. The molecule has 4 heteroatoms. The minimum absolute atomic E-state index is 0.0601. The van der Waals surface area contributed by atoms with Crippen LogP contribution in [0.3, 0.4) is 0 Å². The van der Waals surface area contributed by atoms with E-state index in [0.717, 1.165) is 6.54 Å². The van der Waals surface area contributed by atoms with Gasteiger partial charge in [0.1, 0.15) is 0 Å². The zero-order valence-corrected chi connectivity index (χ0v) is 10.7. The Morgan fingerprint density at radius 1 is 1.12 bits per heavy atom. The van der Waals surface area contributed by atoms with Crippen molar-refractivity contribution in [2.45, 2.75) is 53.0 Å². The summed E-state index contributed by atoms with van der Waals surface area (Å²) in [5.41, 5.74) is 0. The molecule has 1 N–H and O–H groups in total. The number of rotatable bonds is 7. The maximum absolute atomic E-state index is 11.8. The van der Waals surface area contributed by atoms with Crippen LogP contribution in [0.2, 0.25) is 0 Å². The van der Waals surface area contributed by atoms with E-state index in [4.69, 9.17) is 5.11 Å². The molecular weight excluding hydrogens is 206 g/mol. The van der Waals surface area contributed by atoms with Gasteiger partial charge < -0.3 is 10.0 Å². The predicted molar refractivity (Wildman–Crippen MR) is 63.2 cm³/mol. The lowest BCUT2D eigenvalue weighted by Gasteiger charge is -2.28. The highest BCUT2D eigenvalue weighted by Crippen LogP contribution is 2.08. The van der Waals surface area contributed by atoms with E-state index in [2.05, 4.69) is 13.8 Å². The van der Waals surface area contributed by atoms with Gasteiger partial charge in [-0.1, -0.05) is 13.8 Å². The number of carboxylic acid groups (broad SMARTS) is 1. The monoisotopic (exact) mass is 229 g/mol. The van der Waals surface area contributed by atoms with E-state index in [1.54, 1.807) is 0 Å². The van der Waals surface area contributed by atoms with Gasteiger partial charge in [0.15, 0.2) is 0 Å². The van der Waals surface area contributed by atoms with Crippen molar-refractivity contribution in [3.8, 4) is 0 Å². The van der Waals surface area contributed by atoms with Crippen molar-refractivity contribution in [2.75, 3.05) is 6.54 Å². The molecule has 0 aromatic carbocycles. The van der Waals surface area contributed by atoms with Gasteiger partial charge >= 0.3 is 5.97 Å². The molecule has 16 heavy (non-hydrogen) atoms. The summed E-state index contributed by atoms with van der Waals surface area (Å²) in [5, 5.41) is 8.49. The SMILES string of the molecule is CC(C)CN(C(=O)CCCC(=O)O)C(C)C. The molecule has 0 unspecified atom stereocenters. The van der Waals surface area contributed by atoms with Crippen molar-refractivity contribution >= 4 is 11.9 Å². The lowest BCUT2D eigenvalue weighted by Crippen LogP contribution is -2.39. The third-order valence-electron chi connectivity index (χ3n) is 2.29. The van der Waals surface area contributed by atoms with Crippen molar-refractivity contribution in [1.29, 1.82) is 0 Å². The van der Waals surface area contributed by atoms with Crippen LogP contribution >= 0.6 is 0 Å². The van der Waals surface area contributed by atoms with Gasteiger partial charge in [0.05, 0.1) is 0 Å². The number of hydrogen-bond donors (Lipinski definition) is 1. The van der Waals surface area contributed by atoms with Crippen molar-refractivity contribution in [2.24, 2.45) is 5.92 Å². The maximum atomic E-state index is 11.8. The molecule has 0 saturated heterocycles. The van der Waals surface area contributed by atoms with E-state index >= 15 is 0 Å². The van der Waals surface area contributed by atoms with Gasteiger partial charge in [0.2, 0.25) is 5.91 Å². The van der Waals surface area contributed by atoms with Gasteiger partial charge in [0.25, 0.3) is 0 Å². The van der Waals surface area contributed by atoms with E-state index in [1.807, 2.05) is 18.7 Å². The van der Waals surface area contributed by atoms with Gasteiger partial charge in [-0.15, -0.1) is 0 Å². The molecule has 0 aliphatic carbocycles. The average Bonchev–Trinajstić information content (AvgIpc) is 2.12. The molecule has 4 nitrogen and oxygen atoms in total. The zero-order valence-electron chi connectivity index (χ0n) is 10.7. The number of carboxylic acids is 1. The van der Waals surface area contributed by atoms with Crippen LogP contribution in [-0.2, 0) is 9.59 Å². The van der Waals surface area contributed by atoms with Crippen molar-refractivity contribution < 1.29 is 14.7 Å². The molecule has 0 radical (unpaired) electrons. The number of amides is 1. The summed E-state index contributed by atoms with van der Waals surface area (Å²) in [7, 11) is 0. The van der Waals surface area contributed by atoms with Crippen molar-refractivity contribution in [1.82, 2.24) is 4.90 Å². The van der Waals surface area contributed by atoms with Gasteiger partial charge in [0, 0.05) is 25.4 Å². The fourth-order valence-corrected chi connectivity index (χ4v) is 1.53. The van der Waals surface area contributed by atoms with Crippen LogP contribution in [0.15, 0.2) is 0 Å². The average molecular weight is 229 g/mol. The van der Waals surface area contributed by atoms with Crippen molar-refractivity contribution in [3.05, 3.63) is 0 Å². The molecule has 0 spiro atoms. The largest absolute Gasteiger partial charge is 0.481 e. The Morgan fingerprint density at radius 2 is 1.69 bits per heavy atom. The lowest BCUT2D eigenvalue weighted by molar-refractivity contribution is -0.137. The highest BCUT2D eigenvalue weighted by Gasteiger charge is 2.17. The molecule has 0 saturated carbocycles. The van der Waals surface area contributed by atoms with Gasteiger partial charge in [-0.05, 0) is 26.2 Å². The minimum atomic E-state index is -0.840. The van der Waals surface area contributed by atoms with E-state index < -0.39 is 5.97 Å². The summed E-state index contributed by atoms with van der Waals surface area (Å²) in [5.74, 6) is -0.344. The Hall–Kier alpha value is -1.06. The molecule has 0 bridgehead atoms. The first kappa shape index (κ1) is 14.9. The quantitative estimate of drug-likeness (QED) is 0.727. The van der Waals surface area contributed by atoms with Crippen LogP contribution < -0.4 is 0 Å². The number of aliphatic carboxylic acids is 1. The van der Waals surface area contributed by atoms with Crippen LogP contribution in [-0.4, -0.2) is 34.5 Å². The van der Waals surface area contributed by atoms with E-state index in [9.17, 15) is 9.59 Å². The summed E-state index contributed by atoms with van der Waals surface area (Å²) < 4.78 is 0. The normalized spacial score (nSPS) is 10.9. The topological polar surface area (TPSA) is 57.6 Å². The molecule has 0 aliphatic heterocycles. The van der Waals surface area contributed by atoms with E-state index in [-0.39, 0.29) is 18.4 Å². The lowest BCUT2D eigenvalue weighted by atomic mass is 10.1. The summed E-state index contributed by atoms with van der Waals surface area (Å²) in [4.78, 5) is 24.0. The smallest absolute Gasteiger partial charge is 0.303 e. The van der Waals surface area contributed by atoms with Gasteiger partial charge in [-0.2, -0.15) is 0 Å². The molecule has 0 aromatic rings. The van der Waals surface area contributed by atoms with Crippen LogP contribution in [0.4, 0.5) is 0 Å². The summed E-state index contributed by atoms with van der Waals surface area (Å²) >= 11 is 0. The Labute approximate surface area is 97.6 Å². The molecule has 0 aliphatic rings. The third kappa shape index (κ3) is 6.43. The zero-order chi connectivity index (χ0) is 12.7. The molecule has 0 fully saturated rings. The van der Waals surface area contributed by atoms with Gasteiger partial charge in [-0.3, -0.25) is 9.59 Å². The fourth-order valence-electron chi connectivity index (χ4n) is 1.53. The molecule has 0 aromatic heterocycles. The first-order valence-corrected chi connectivity index (χ1v) is 5.85. The Bertz CT molecular complexity index is 236. The van der Waals surface area contributed by atoms with Crippen molar-refractivity contribution in [3.63, 3.8) is 0 Å². The van der Waals surface area contributed by atoms with Crippen LogP contribution in [0, 0.1) is 5.92 Å². The number of nitrogens with zero attached hydrogens (tertiary/aromatic N) is 1. The summed E-state index contributed by atoms with van der Waals surface area (Å²) in [6.45, 7) is 8.85. The second-order valence-electron chi connectivity index (χ2n) is 4.78. The Balaban J connectivity index is 4.12. The molecule has 94 valence electrons. The first-order chi connectivity index (χ1) is 7.34. The highest BCUT2D eigenvalue weighted by molar-refractivity contribution is 5.77. The number of carbonyl (C=O) groups excluding carboxylic acids is 1. The molecule has 0 atom stereocenters. The third-order valence-corrected chi connectivity index (χ3v) is 2.29. The van der Waals surface area contributed by atoms with E-state index in [0.29, 0.717) is 18.8 Å². The fraction of sp³-hybridized carbons (Fsp3) is 0.833. The molecule has 0 rings (SSSR count). The van der Waals surface area contributed by atoms with Crippen LogP contribution in [0.1, 0.15) is 47.0 Å². The maximum Gasteiger partial charge on any atom is 0.303 e. The molecular formula is C12H23NO3. The molecule has 1 amide bonds. The van der Waals surface area contributed by atoms with E-state index in [1.165, 1.54) is 0 Å². The highest BCUT2D eigenvalue weighted by atomic mass is 16.4. The Morgan fingerprint density at radius 3 is 2.06 bits per heavy atom.